The molecule has 0 bridgehead atoms. The molecule has 0 spiro atoms. The molecule has 4 aromatic rings. The minimum absolute atomic E-state index is 0.222. The SMILES string of the molecule is O=c1[nH]cc2cc3cccc3c3c2c2c(nnnc12)C3. The standard InChI is InChI=1S/C15H8N4O/c20-15-14-13-11(17-19-18-14)5-10-9-3-1-2-7(9)4-8(6-16-15)12(10)13/h1-4,6H,5H2,(H,16,20). The van der Waals surface area contributed by atoms with Gasteiger partial charge in [-0.15, -0.1) is 10.2 Å². The van der Waals surface area contributed by atoms with Crippen molar-refractivity contribution in [1.29, 1.82) is 0 Å². The van der Waals surface area contributed by atoms with Gasteiger partial charge in [0, 0.05) is 18.0 Å². The first kappa shape index (κ1) is 10.0. The quantitative estimate of drug-likeness (QED) is 0.462. The van der Waals surface area contributed by atoms with Gasteiger partial charge in [0.15, 0.2) is 5.52 Å². The Hall–Kier alpha value is -2.82. The van der Waals surface area contributed by atoms with E-state index in [9.17, 15) is 4.79 Å². The van der Waals surface area contributed by atoms with Crippen LogP contribution in [-0.4, -0.2) is 20.4 Å². The number of benzene rings is 1. The number of aromatic amines is 1. The van der Waals surface area contributed by atoms with Crippen LogP contribution in [0.15, 0.2) is 35.3 Å². The number of rotatable bonds is 0. The monoisotopic (exact) mass is 260 g/mol. The molecule has 5 heteroatoms. The topological polar surface area (TPSA) is 71.5 Å². The maximum absolute atomic E-state index is 12.1. The maximum atomic E-state index is 12.1. The average Bonchev–Trinajstić information content (AvgIpc) is 3.03. The molecule has 5 nitrogen and oxygen atoms in total. The van der Waals surface area contributed by atoms with E-state index in [4.69, 9.17) is 0 Å². The third-order valence-corrected chi connectivity index (χ3v) is 4.08. The molecule has 0 radical (unpaired) electrons. The summed E-state index contributed by atoms with van der Waals surface area (Å²) in [6, 6.07) is 8.34. The van der Waals surface area contributed by atoms with E-state index < -0.39 is 0 Å². The number of nitrogens with one attached hydrogen (secondary N) is 1. The predicted molar refractivity (Wildman–Crippen MR) is 75.8 cm³/mol. The Labute approximate surface area is 112 Å². The van der Waals surface area contributed by atoms with Crippen molar-refractivity contribution in [3.63, 3.8) is 0 Å². The molecular formula is C15H8N4O. The van der Waals surface area contributed by atoms with Crippen LogP contribution in [0.2, 0.25) is 0 Å². The third kappa shape index (κ3) is 1.04. The van der Waals surface area contributed by atoms with E-state index in [2.05, 4.69) is 38.6 Å². The fourth-order valence-corrected chi connectivity index (χ4v) is 3.26. The van der Waals surface area contributed by atoms with Crippen LogP contribution >= 0.6 is 0 Å². The van der Waals surface area contributed by atoms with Gasteiger partial charge in [0.2, 0.25) is 0 Å². The smallest absolute Gasteiger partial charge is 0.276 e. The van der Waals surface area contributed by atoms with E-state index in [0.717, 1.165) is 21.9 Å². The molecule has 0 aliphatic heterocycles. The first-order valence-corrected chi connectivity index (χ1v) is 6.41. The van der Waals surface area contributed by atoms with E-state index in [1.54, 1.807) is 6.20 Å². The van der Waals surface area contributed by atoms with Crippen molar-refractivity contribution in [2.75, 3.05) is 0 Å². The summed E-state index contributed by atoms with van der Waals surface area (Å²) in [7, 11) is 0. The molecule has 1 aliphatic carbocycles. The van der Waals surface area contributed by atoms with Crippen LogP contribution in [0.5, 0.6) is 0 Å². The third-order valence-electron chi connectivity index (χ3n) is 4.08. The van der Waals surface area contributed by atoms with E-state index in [-0.39, 0.29) is 5.56 Å². The molecule has 1 N–H and O–H groups in total. The van der Waals surface area contributed by atoms with Gasteiger partial charge in [-0.3, -0.25) is 4.79 Å². The van der Waals surface area contributed by atoms with E-state index in [1.165, 1.54) is 16.3 Å². The number of H-pyrrole nitrogens is 1. The fourth-order valence-electron chi connectivity index (χ4n) is 3.26. The second-order valence-electron chi connectivity index (χ2n) is 5.10. The zero-order chi connectivity index (χ0) is 13.3. The van der Waals surface area contributed by atoms with E-state index in [1.807, 2.05) is 6.07 Å². The summed E-state index contributed by atoms with van der Waals surface area (Å²) in [6.07, 6.45) is 2.47. The van der Waals surface area contributed by atoms with Crippen LogP contribution in [0.1, 0.15) is 11.3 Å². The van der Waals surface area contributed by atoms with Gasteiger partial charge in [0.1, 0.15) is 0 Å². The van der Waals surface area contributed by atoms with Gasteiger partial charge in [-0.2, -0.15) is 0 Å². The Morgan fingerprint density at radius 3 is 3.00 bits per heavy atom. The second kappa shape index (κ2) is 3.19. The highest BCUT2D eigenvalue weighted by Crippen LogP contribution is 2.38. The normalized spacial score (nSPS) is 13.0. The Morgan fingerprint density at radius 1 is 1.10 bits per heavy atom. The highest BCUT2D eigenvalue weighted by molar-refractivity contribution is 6.16. The molecule has 94 valence electrons. The summed E-state index contributed by atoms with van der Waals surface area (Å²) >= 11 is 0. The highest BCUT2D eigenvalue weighted by atomic mass is 16.1. The molecule has 5 rings (SSSR count). The zero-order valence-corrected chi connectivity index (χ0v) is 10.3. The summed E-state index contributed by atoms with van der Waals surface area (Å²) < 4.78 is 0. The molecule has 0 saturated heterocycles. The molecule has 0 saturated carbocycles. The van der Waals surface area contributed by atoms with Gasteiger partial charge in [-0.25, -0.2) is 0 Å². The maximum Gasteiger partial charge on any atom is 0.276 e. The van der Waals surface area contributed by atoms with Crippen LogP contribution in [0.25, 0.3) is 32.4 Å². The highest BCUT2D eigenvalue weighted by Gasteiger charge is 2.22. The lowest BCUT2D eigenvalue weighted by atomic mass is 10.0. The lowest BCUT2D eigenvalue weighted by Gasteiger charge is -2.00. The molecule has 0 fully saturated rings. The van der Waals surface area contributed by atoms with Crippen molar-refractivity contribution >= 4 is 32.4 Å². The molecular weight excluding hydrogens is 252 g/mol. The van der Waals surface area contributed by atoms with Crippen LogP contribution in [0, 0.1) is 0 Å². The Balaban J connectivity index is 2.24. The van der Waals surface area contributed by atoms with Crippen molar-refractivity contribution in [3.05, 3.63) is 52.1 Å². The Morgan fingerprint density at radius 2 is 2.05 bits per heavy atom. The molecule has 2 aromatic heterocycles. The van der Waals surface area contributed by atoms with Gasteiger partial charge in [0.25, 0.3) is 5.56 Å². The minimum Gasteiger partial charge on any atom is -0.327 e. The number of nitrogens with zero attached hydrogens (tertiary/aromatic N) is 3. The summed E-state index contributed by atoms with van der Waals surface area (Å²) in [5, 5.41) is 17.1. The van der Waals surface area contributed by atoms with Gasteiger partial charge in [0.05, 0.1) is 5.69 Å². The van der Waals surface area contributed by atoms with E-state index >= 15 is 0 Å². The summed E-state index contributed by atoms with van der Waals surface area (Å²) in [5.41, 5.74) is 2.20. The molecule has 2 aromatic carbocycles. The molecule has 2 heterocycles. The minimum atomic E-state index is -0.222. The Bertz CT molecular complexity index is 1100. The molecule has 20 heavy (non-hydrogen) atoms. The van der Waals surface area contributed by atoms with Crippen molar-refractivity contribution in [3.8, 4) is 0 Å². The van der Waals surface area contributed by atoms with Crippen LogP contribution in [-0.2, 0) is 6.42 Å². The summed E-state index contributed by atoms with van der Waals surface area (Å²) in [6.45, 7) is 0. The van der Waals surface area contributed by atoms with E-state index in [0.29, 0.717) is 11.9 Å². The largest absolute Gasteiger partial charge is 0.327 e. The fraction of sp³-hybridized carbons (Fsp3) is 0.0667. The predicted octanol–water partition coefficient (Wildman–Crippen LogP) is 1.92. The first-order chi connectivity index (χ1) is 9.83. The van der Waals surface area contributed by atoms with Crippen molar-refractivity contribution < 1.29 is 0 Å². The molecule has 0 amide bonds. The molecule has 1 aliphatic rings. The average molecular weight is 260 g/mol. The van der Waals surface area contributed by atoms with Crippen molar-refractivity contribution in [2.45, 2.75) is 6.42 Å². The van der Waals surface area contributed by atoms with Gasteiger partial charge >= 0.3 is 0 Å². The van der Waals surface area contributed by atoms with Gasteiger partial charge in [-0.05, 0) is 38.4 Å². The number of hydrogen-bond donors (Lipinski definition) is 1. The lowest BCUT2D eigenvalue weighted by Crippen LogP contribution is -2.06. The number of fused-ring (bicyclic) bond motifs is 2. The zero-order valence-electron chi connectivity index (χ0n) is 10.3. The van der Waals surface area contributed by atoms with Crippen LogP contribution in [0.4, 0.5) is 0 Å². The Kier molecular flexibility index (Phi) is 1.60. The summed E-state index contributed by atoms with van der Waals surface area (Å²) in [5.74, 6) is 0. The number of hydrogen-bond acceptors (Lipinski definition) is 4. The first-order valence-electron chi connectivity index (χ1n) is 6.41. The van der Waals surface area contributed by atoms with Gasteiger partial charge < -0.3 is 4.98 Å². The lowest BCUT2D eigenvalue weighted by molar-refractivity contribution is 0.856. The second-order valence-corrected chi connectivity index (χ2v) is 5.10. The van der Waals surface area contributed by atoms with Crippen molar-refractivity contribution in [1.82, 2.24) is 20.4 Å². The molecule has 0 unspecified atom stereocenters. The molecule has 0 atom stereocenters. The van der Waals surface area contributed by atoms with Crippen molar-refractivity contribution in [2.24, 2.45) is 0 Å². The summed E-state index contributed by atoms with van der Waals surface area (Å²) in [4.78, 5) is 14.9. The van der Waals surface area contributed by atoms with Gasteiger partial charge in [-0.1, -0.05) is 18.2 Å². The number of aromatic nitrogens is 4. The van der Waals surface area contributed by atoms with Crippen LogP contribution in [0.3, 0.4) is 0 Å². The van der Waals surface area contributed by atoms with Crippen LogP contribution < -0.4 is 5.56 Å².